The third-order valence-electron chi connectivity index (χ3n) is 6.69. The monoisotopic (exact) mass is 684 g/mol. The van der Waals surface area contributed by atoms with E-state index in [0.717, 1.165) is 63.7 Å². The van der Waals surface area contributed by atoms with Gasteiger partial charge < -0.3 is 21.9 Å². The Morgan fingerprint density at radius 2 is 1.43 bits per heavy atom. The maximum atomic E-state index is 12.0. The number of carbonyl (C=O) groups is 2. The number of nitrogens with one attached hydrogen (secondary N) is 1. The van der Waals surface area contributed by atoms with Crippen LogP contribution in [0.2, 0.25) is 0 Å². The van der Waals surface area contributed by atoms with Crippen LogP contribution in [0, 0.1) is 0 Å². The van der Waals surface area contributed by atoms with Crippen molar-refractivity contribution in [2.24, 2.45) is 0 Å². The molecule has 0 aromatic carbocycles. The molecule has 1 unspecified atom stereocenters. The van der Waals surface area contributed by atoms with Crippen molar-refractivity contribution < 1.29 is 49.0 Å². The molecule has 1 radical (unpaired) electrons. The Bertz CT molecular complexity index is 852. The van der Waals surface area contributed by atoms with Gasteiger partial charge in [-0.15, -0.1) is 0 Å². The topological polar surface area (TPSA) is 125 Å². The summed E-state index contributed by atoms with van der Waals surface area (Å²) in [5.74, 6) is -0.868. The van der Waals surface area contributed by atoms with Crippen LogP contribution in [0.25, 0.3) is 0 Å². The Balaban J connectivity index is 0. The number of hydrogen-bond donors (Lipinski definition) is 2. The first-order valence-electron chi connectivity index (χ1n) is 14.8. The fourth-order valence-electron chi connectivity index (χ4n) is 4.12. The van der Waals surface area contributed by atoms with Crippen molar-refractivity contribution in [3.8, 4) is 0 Å². The second-order valence-electron chi connectivity index (χ2n) is 10.2. The summed E-state index contributed by atoms with van der Waals surface area (Å²) in [4.78, 5) is 26.2. The molecule has 0 aromatic rings. The van der Waals surface area contributed by atoms with Gasteiger partial charge in [0.25, 0.3) is 10.1 Å². The summed E-state index contributed by atoms with van der Waals surface area (Å²) in [5, 5.41) is 2.83. The van der Waals surface area contributed by atoms with E-state index in [9.17, 15) is 22.6 Å². The molecule has 15 heteroatoms. The van der Waals surface area contributed by atoms with Crippen LogP contribution in [0.5, 0.6) is 0 Å². The Morgan fingerprint density at radius 1 is 0.929 bits per heavy atom. The van der Waals surface area contributed by atoms with Crippen LogP contribution in [0.3, 0.4) is 0 Å². The molecule has 2 aliphatic heterocycles. The largest absolute Gasteiger partial charge is 1.00 e. The smallest absolute Gasteiger partial charge is 0.327 e. The van der Waals surface area contributed by atoms with Crippen LogP contribution >= 0.6 is 21.6 Å². The van der Waals surface area contributed by atoms with Crippen LogP contribution in [0.4, 0.5) is 0 Å². The van der Waals surface area contributed by atoms with Gasteiger partial charge in [-0.25, -0.2) is 0 Å². The molecule has 2 rings (SSSR count). The first kappa shape index (κ1) is 44.4. The van der Waals surface area contributed by atoms with E-state index < -0.39 is 33.7 Å². The van der Waals surface area contributed by atoms with Crippen molar-refractivity contribution >= 4 is 78.4 Å². The van der Waals surface area contributed by atoms with E-state index >= 15 is 0 Å². The maximum Gasteiger partial charge on any atom is 0.327 e. The molecule has 0 amide bonds. The molecular formula is C27H52ClN3NaO7S3. The fraction of sp³-hybridized carbons (Fsp3) is 0.889. The SMILES string of the molecule is CCCCCCCCOC(=O)CC(C(=O)OCCCCCCCC)S(=O)(=O)O.CN1CC[N+](=C2NCSS2)CC1.[Cl-].[Na]. The Kier molecular flexibility index (Phi) is 29.1. The third kappa shape index (κ3) is 21.9. The number of nitrogens with zero attached hydrogens (tertiary/aromatic N) is 2. The van der Waals surface area contributed by atoms with Gasteiger partial charge >= 0.3 is 17.1 Å². The maximum absolute atomic E-state index is 12.0. The van der Waals surface area contributed by atoms with E-state index in [1.54, 1.807) is 0 Å². The van der Waals surface area contributed by atoms with Crippen molar-refractivity contribution in [3.05, 3.63) is 0 Å². The molecule has 0 saturated carbocycles. The number of likely N-dealkylation sites (N-methyl/N-ethyl adjacent to an activating group) is 1. The summed E-state index contributed by atoms with van der Waals surface area (Å²) < 4.78 is 44.5. The van der Waals surface area contributed by atoms with Crippen molar-refractivity contribution in [3.63, 3.8) is 0 Å². The van der Waals surface area contributed by atoms with E-state index in [0.29, 0.717) is 12.8 Å². The molecule has 2 N–H and O–H groups in total. The van der Waals surface area contributed by atoms with E-state index in [4.69, 9.17) is 9.47 Å². The van der Waals surface area contributed by atoms with E-state index in [2.05, 4.69) is 35.7 Å². The molecule has 10 nitrogen and oxygen atoms in total. The Labute approximate surface area is 290 Å². The van der Waals surface area contributed by atoms with E-state index in [1.807, 2.05) is 21.6 Å². The number of amidine groups is 1. The molecule has 2 aliphatic rings. The zero-order valence-electron chi connectivity index (χ0n) is 26.1. The van der Waals surface area contributed by atoms with Gasteiger partial charge in [0.2, 0.25) is 0 Å². The number of unbranched alkanes of at least 4 members (excludes halogenated alkanes) is 10. The van der Waals surface area contributed by atoms with Crippen molar-refractivity contribution in [2.45, 2.75) is 103 Å². The fourth-order valence-corrected chi connectivity index (χ4v) is 6.83. The molecule has 2 heterocycles. The molecule has 1 atom stereocenters. The second-order valence-corrected chi connectivity index (χ2v) is 14.1. The van der Waals surface area contributed by atoms with Crippen molar-refractivity contribution in [1.29, 1.82) is 0 Å². The van der Waals surface area contributed by atoms with Gasteiger partial charge in [0.05, 0.1) is 32.7 Å². The number of piperazine rings is 1. The number of hydrogen-bond acceptors (Lipinski definition) is 9. The number of ether oxygens (including phenoxy) is 2. The zero-order chi connectivity index (χ0) is 29.6. The summed E-state index contributed by atoms with van der Waals surface area (Å²) in [6.45, 7) is 9.23. The minimum Gasteiger partial charge on any atom is -1.00 e. The Hall–Kier alpha value is 0.270. The number of esters is 2. The minimum absolute atomic E-state index is 0. The molecule has 0 bridgehead atoms. The van der Waals surface area contributed by atoms with Gasteiger partial charge in [-0.1, -0.05) is 78.1 Å². The quantitative estimate of drug-likeness (QED) is 0.0542. The summed E-state index contributed by atoms with van der Waals surface area (Å²) in [6, 6.07) is 0. The molecule has 0 aliphatic carbocycles. The number of carbonyl (C=O) groups excluding carboxylic acids is 2. The van der Waals surface area contributed by atoms with Crippen molar-refractivity contribution in [1.82, 2.24) is 10.2 Å². The summed E-state index contributed by atoms with van der Waals surface area (Å²) in [6.07, 6.45) is 11.3. The van der Waals surface area contributed by atoms with Gasteiger partial charge in [-0.05, 0) is 30.7 Å². The first-order valence-corrected chi connectivity index (χ1v) is 18.6. The normalized spacial score (nSPS) is 15.8. The molecular weight excluding hydrogens is 633 g/mol. The molecule has 243 valence electrons. The van der Waals surface area contributed by atoms with Crippen LogP contribution in [0.15, 0.2) is 0 Å². The summed E-state index contributed by atoms with van der Waals surface area (Å²) in [5.41, 5.74) is 0. The van der Waals surface area contributed by atoms with Gasteiger partial charge in [0.1, 0.15) is 5.88 Å². The predicted molar refractivity (Wildman–Crippen MR) is 170 cm³/mol. The average molecular weight is 685 g/mol. The predicted octanol–water partition coefficient (Wildman–Crippen LogP) is 1.31. The Morgan fingerprint density at radius 3 is 1.90 bits per heavy atom. The number of halogens is 1. The van der Waals surface area contributed by atoms with Crippen LogP contribution < -0.4 is 17.7 Å². The first-order chi connectivity index (χ1) is 19.2. The molecule has 2 fully saturated rings. The standard InChI is InChI=1S/C20H38O7S.C7H13N3S2.ClH.Na/c1-3-5-7-9-11-13-15-26-19(21)17-18(28(23,24)25)20(22)27-16-14-12-10-8-6-4-2;1-9-2-4-10(5-3-9)7-8-6-11-12-7;;/h18H,3-17H2,1-2H3,(H,23,24,25);2-6H2,1H3;1H;. The van der Waals surface area contributed by atoms with Gasteiger partial charge in [0.15, 0.2) is 5.25 Å². The van der Waals surface area contributed by atoms with Gasteiger partial charge in [-0.2, -0.15) is 8.42 Å². The number of rotatable bonds is 18. The summed E-state index contributed by atoms with van der Waals surface area (Å²) >= 11 is 0. The van der Waals surface area contributed by atoms with Gasteiger partial charge in [0, 0.05) is 53.4 Å². The molecule has 42 heavy (non-hydrogen) atoms. The van der Waals surface area contributed by atoms with Crippen molar-refractivity contribution in [2.75, 3.05) is 52.3 Å². The molecule has 0 aromatic heterocycles. The molecule has 0 spiro atoms. The van der Waals surface area contributed by atoms with Gasteiger partial charge in [-0.3, -0.25) is 28.9 Å². The second kappa shape index (κ2) is 27.6. The summed E-state index contributed by atoms with van der Waals surface area (Å²) in [7, 11) is 1.22. The minimum atomic E-state index is -4.73. The van der Waals surface area contributed by atoms with Crippen LogP contribution in [-0.2, 0) is 29.2 Å². The average Bonchev–Trinajstić information content (AvgIpc) is 3.46. The van der Waals surface area contributed by atoms with E-state index in [-0.39, 0.29) is 55.2 Å². The van der Waals surface area contributed by atoms with E-state index in [1.165, 1.54) is 37.8 Å². The van der Waals surface area contributed by atoms with Crippen LogP contribution in [0.1, 0.15) is 97.3 Å². The zero-order valence-corrected chi connectivity index (χ0v) is 31.3. The van der Waals surface area contributed by atoms with Crippen LogP contribution in [-0.4, -0.2) is 127 Å². The third-order valence-corrected chi connectivity index (χ3v) is 9.89. The molecule has 2 saturated heterocycles.